The highest BCUT2D eigenvalue weighted by Gasteiger charge is 2.44. The van der Waals surface area contributed by atoms with E-state index in [2.05, 4.69) is 24.2 Å². The van der Waals surface area contributed by atoms with Crippen LogP contribution in [0.1, 0.15) is 26.2 Å². The third-order valence-electron chi connectivity index (χ3n) is 3.75. The molecule has 1 aliphatic heterocycles. The van der Waals surface area contributed by atoms with E-state index in [1.165, 1.54) is 31.5 Å². The van der Waals surface area contributed by atoms with Crippen LogP contribution in [0, 0.1) is 11.8 Å². The van der Waals surface area contributed by atoms with Gasteiger partial charge in [0.25, 0.3) is 0 Å². The monoisotopic (exact) mass is 208 g/mol. The normalized spacial score (nSPS) is 34.7. The first-order valence-corrected chi connectivity index (χ1v) is 6.04. The molecular weight excluding hydrogens is 188 g/mol. The van der Waals surface area contributed by atoms with Gasteiger partial charge in [0.15, 0.2) is 6.73 Å². The van der Waals surface area contributed by atoms with Gasteiger partial charge in [-0.15, -0.1) is 0 Å². The summed E-state index contributed by atoms with van der Waals surface area (Å²) in [6.45, 7) is 4.07. The molecule has 2 fully saturated rings. The summed E-state index contributed by atoms with van der Waals surface area (Å²) in [5.41, 5.74) is 1.43. The molecular formula is C12H20N2O. The molecule has 0 aromatic carbocycles. The summed E-state index contributed by atoms with van der Waals surface area (Å²) in [6, 6.07) is 0.722. The predicted octanol–water partition coefficient (Wildman–Crippen LogP) is 1.53. The van der Waals surface area contributed by atoms with E-state index < -0.39 is 0 Å². The van der Waals surface area contributed by atoms with Crippen LogP contribution in [0.3, 0.4) is 0 Å². The number of ether oxygens (including phenoxy) is 1. The summed E-state index contributed by atoms with van der Waals surface area (Å²) < 4.78 is 5.54. The summed E-state index contributed by atoms with van der Waals surface area (Å²) in [6.07, 6.45) is 4.18. The van der Waals surface area contributed by atoms with Crippen molar-refractivity contribution in [3.63, 3.8) is 0 Å². The van der Waals surface area contributed by atoms with E-state index in [1.807, 2.05) is 0 Å². The highest BCUT2D eigenvalue weighted by molar-refractivity contribution is 5.22. The van der Waals surface area contributed by atoms with Gasteiger partial charge in [0.2, 0.25) is 0 Å². The van der Waals surface area contributed by atoms with E-state index >= 15 is 0 Å². The Labute approximate surface area is 91.5 Å². The molecule has 3 heteroatoms. The van der Waals surface area contributed by atoms with Gasteiger partial charge in [-0.3, -0.25) is 0 Å². The van der Waals surface area contributed by atoms with E-state index in [9.17, 15) is 0 Å². The SMILES string of the molecule is CC1=C(C2CC2NCC2CC2)N(C)CO1. The van der Waals surface area contributed by atoms with E-state index in [1.54, 1.807) is 0 Å². The molecule has 2 saturated carbocycles. The topological polar surface area (TPSA) is 24.5 Å². The zero-order valence-corrected chi connectivity index (χ0v) is 9.62. The van der Waals surface area contributed by atoms with Crippen molar-refractivity contribution in [2.75, 3.05) is 20.3 Å². The van der Waals surface area contributed by atoms with Gasteiger partial charge in [0.1, 0.15) is 5.76 Å². The fourth-order valence-electron chi connectivity index (χ4n) is 2.51. The lowest BCUT2D eigenvalue weighted by atomic mass is 10.2. The van der Waals surface area contributed by atoms with Crippen LogP contribution in [0.5, 0.6) is 0 Å². The van der Waals surface area contributed by atoms with Gasteiger partial charge >= 0.3 is 0 Å². The Morgan fingerprint density at radius 1 is 1.47 bits per heavy atom. The van der Waals surface area contributed by atoms with Crippen LogP contribution < -0.4 is 5.32 Å². The molecule has 3 rings (SSSR count). The van der Waals surface area contributed by atoms with Crippen LogP contribution >= 0.6 is 0 Å². The van der Waals surface area contributed by atoms with Crippen molar-refractivity contribution >= 4 is 0 Å². The van der Waals surface area contributed by atoms with Gasteiger partial charge in [-0.25, -0.2) is 0 Å². The quantitative estimate of drug-likeness (QED) is 0.758. The van der Waals surface area contributed by atoms with Crippen molar-refractivity contribution < 1.29 is 4.74 Å². The largest absolute Gasteiger partial charge is 0.476 e. The molecule has 0 aromatic heterocycles. The highest BCUT2D eigenvalue weighted by Crippen LogP contribution is 2.42. The molecule has 0 spiro atoms. The van der Waals surface area contributed by atoms with Crippen LogP contribution in [-0.2, 0) is 4.74 Å². The minimum Gasteiger partial charge on any atom is -0.476 e. The Kier molecular flexibility index (Phi) is 2.16. The van der Waals surface area contributed by atoms with Gasteiger partial charge in [-0.05, 0) is 38.6 Å². The number of rotatable bonds is 4. The average Bonchev–Trinajstić information content (AvgIpc) is 3.08. The Morgan fingerprint density at radius 2 is 2.27 bits per heavy atom. The van der Waals surface area contributed by atoms with Crippen molar-refractivity contribution in [2.24, 2.45) is 11.8 Å². The molecule has 1 N–H and O–H groups in total. The predicted molar refractivity (Wildman–Crippen MR) is 59.0 cm³/mol. The Bertz CT molecular complexity index is 296. The summed E-state index contributed by atoms with van der Waals surface area (Å²) in [5, 5.41) is 3.67. The average molecular weight is 208 g/mol. The Balaban J connectivity index is 1.54. The van der Waals surface area contributed by atoms with Gasteiger partial charge in [0, 0.05) is 19.0 Å². The van der Waals surface area contributed by atoms with Crippen LogP contribution in [0.25, 0.3) is 0 Å². The number of nitrogens with zero attached hydrogens (tertiary/aromatic N) is 1. The maximum atomic E-state index is 5.54. The maximum absolute atomic E-state index is 5.54. The van der Waals surface area contributed by atoms with Crippen LogP contribution in [0.2, 0.25) is 0 Å². The molecule has 0 amide bonds. The standard InChI is InChI=1S/C12H20N2O/c1-8-12(14(2)7-15-8)10-5-11(10)13-6-9-3-4-9/h9-11,13H,3-7H2,1-2H3. The summed E-state index contributed by atoms with van der Waals surface area (Å²) in [7, 11) is 2.13. The molecule has 84 valence electrons. The van der Waals surface area contributed by atoms with Crippen molar-refractivity contribution in [3.8, 4) is 0 Å². The first-order valence-electron chi connectivity index (χ1n) is 6.04. The lowest BCUT2D eigenvalue weighted by Gasteiger charge is -2.13. The van der Waals surface area contributed by atoms with Gasteiger partial charge in [0.05, 0.1) is 5.70 Å². The lowest BCUT2D eigenvalue weighted by molar-refractivity contribution is 0.166. The zero-order chi connectivity index (χ0) is 10.4. The fraction of sp³-hybridized carbons (Fsp3) is 0.833. The van der Waals surface area contributed by atoms with Gasteiger partial charge in [-0.1, -0.05) is 0 Å². The van der Waals surface area contributed by atoms with E-state index in [4.69, 9.17) is 4.74 Å². The van der Waals surface area contributed by atoms with E-state index in [-0.39, 0.29) is 0 Å². The third kappa shape index (κ3) is 1.85. The number of allylic oxidation sites excluding steroid dienone is 1. The number of hydrogen-bond acceptors (Lipinski definition) is 3. The molecule has 3 aliphatic rings. The minimum absolute atomic E-state index is 0.719. The zero-order valence-electron chi connectivity index (χ0n) is 9.62. The summed E-state index contributed by atoms with van der Waals surface area (Å²) in [4.78, 5) is 2.25. The van der Waals surface area contributed by atoms with Crippen LogP contribution in [-0.4, -0.2) is 31.3 Å². The molecule has 1 heterocycles. The Hall–Kier alpha value is -0.700. The number of hydrogen-bond donors (Lipinski definition) is 1. The minimum atomic E-state index is 0.719. The van der Waals surface area contributed by atoms with Crippen LogP contribution in [0.15, 0.2) is 11.5 Å². The number of nitrogens with one attached hydrogen (secondary N) is 1. The first kappa shape index (κ1) is 9.52. The van der Waals surface area contributed by atoms with Crippen molar-refractivity contribution in [1.29, 1.82) is 0 Å². The van der Waals surface area contributed by atoms with Gasteiger partial charge in [-0.2, -0.15) is 0 Å². The van der Waals surface area contributed by atoms with Crippen molar-refractivity contribution in [2.45, 2.75) is 32.2 Å². The first-order chi connectivity index (χ1) is 7.25. The molecule has 2 aliphatic carbocycles. The smallest absolute Gasteiger partial charge is 0.160 e. The molecule has 0 aromatic rings. The summed E-state index contributed by atoms with van der Waals surface area (Å²) >= 11 is 0. The molecule has 0 bridgehead atoms. The molecule has 15 heavy (non-hydrogen) atoms. The van der Waals surface area contributed by atoms with Gasteiger partial charge < -0.3 is 15.0 Å². The van der Waals surface area contributed by atoms with Crippen molar-refractivity contribution in [1.82, 2.24) is 10.2 Å². The highest BCUT2D eigenvalue weighted by atomic mass is 16.5. The third-order valence-corrected chi connectivity index (χ3v) is 3.75. The molecule has 3 nitrogen and oxygen atoms in total. The second kappa shape index (κ2) is 3.41. The molecule has 0 saturated heterocycles. The molecule has 2 unspecified atom stereocenters. The molecule has 0 radical (unpaired) electrons. The fourth-order valence-corrected chi connectivity index (χ4v) is 2.51. The second-order valence-electron chi connectivity index (χ2n) is 5.21. The van der Waals surface area contributed by atoms with Crippen molar-refractivity contribution in [3.05, 3.63) is 11.5 Å². The van der Waals surface area contributed by atoms with E-state index in [0.29, 0.717) is 0 Å². The molecule has 2 atom stereocenters. The summed E-state index contributed by atoms with van der Waals surface area (Å²) in [5.74, 6) is 2.84. The Morgan fingerprint density at radius 3 is 2.87 bits per heavy atom. The van der Waals surface area contributed by atoms with E-state index in [0.717, 1.165) is 30.4 Å². The lowest BCUT2D eigenvalue weighted by Crippen LogP contribution is -2.23. The maximum Gasteiger partial charge on any atom is 0.160 e. The van der Waals surface area contributed by atoms with Crippen LogP contribution in [0.4, 0.5) is 0 Å². The second-order valence-corrected chi connectivity index (χ2v) is 5.21.